The predicted molar refractivity (Wildman–Crippen MR) is 119 cm³/mol. The maximum Gasteiger partial charge on any atom is 0.191 e. The second-order valence-corrected chi connectivity index (χ2v) is 6.94. The van der Waals surface area contributed by atoms with Crippen molar-refractivity contribution in [2.45, 2.75) is 38.9 Å². The van der Waals surface area contributed by atoms with Gasteiger partial charge >= 0.3 is 0 Å². The van der Waals surface area contributed by atoms with Gasteiger partial charge in [0.1, 0.15) is 18.7 Å². The van der Waals surface area contributed by atoms with Gasteiger partial charge in [-0.15, -0.1) is 24.0 Å². The van der Waals surface area contributed by atoms with Gasteiger partial charge in [-0.05, 0) is 37.5 Å². The molecule has 0 amide bonds. The van der Waals surface area contributed by atoms with Gasteiger partial charge in [-0.25, -0.2) is 18.8 Å². The average molecular weight is 519 g/mol. The van der Waals surface area contributed by atoms with E-state index < -0.39 is 11.6 Å². The molecule has 2 heterocycles. The summed E-state index contributed by atoms with van der Waals surface area (Å²) in [6, 6.07) is 4.43. The molecule has 0 bridgehead atoms. The van der Waals surface area contributed by atoms with Crippen molar-refractivity contribution in [3.63, 3.8) is 0 Å². The lowest BCUT2D eigenvalue weighted by Gasteiger charge is -2.33. The topological polar surface area (TPSA) is 70.4 Å². The monoisotopic (exact) mass is 519 g/mol. The van der Waals surface area contributed by atoms with Crippen LogP contribution < -0.4 is 10.6 Å². The van der Waals surface area contributed by atoms with E-state index in [4.69, 9.17) is 0 Å². The number of aliphatic imine (C=N–C) groups is 1. The number of aromatic nitrogens is 3. The molecule has 0 atom stereocenters. The van der Waals surface area contributed by atoms with Gasteiger partial charge in [0, 0.05) is 39.3 Å². The van der Waals surface area contributed by atoms with E-state index in [1.54, 1.807) is 10.7 Å². The van der Waals surface area contributed by atoms with Crippen molar-refractivity contribution in [1.29, 1.82) is 0 Å². The molecule has 0 radical (unpaired) electrons. The quantitative estimate of drug-likeness (QED) is 0.349. The predicted octanol–water partition coefficient (Wildman–Crippen LogP) is 2.43. The van der Waals surface area contributed by atoms with Crippen LogP contribution in [0.4, 0.5) is 8.78 Å². The summed E-state index contributed by atoms with van der Waals surface area (Å²) in [5, 5.41) is 10.8. The van der Waals surface area contributed by atoms with Gasteiger partial charge in [-0.1, -0.05) is 6.07 Å². The van der Waals surface area contributed by atoms with Gasteiger partial charge in [-0.3, -0.25) is 9.58 Å². The summed E-state index contributed by atoms with van der Waals surface area (Å²) in [5.74, 6) is -0.0187. The summed E-state index contributed by atoms with van der Waals surface area (Å²) in [4.78, 5) is 11.0. The number of rotatable bonds is 6. The fourth-order valence-corrected chi connectivity index (χ4v) is 3.26. The Kier molecular flexibility index (Phi) is 9.21. The smallest absolute Gasteiger partial charge is 0.191 e. The Morgan fingerprint density at radius 2 is 2.00 bits per heavy atom. The summed E-state index contributed by atoms with van der Waals surface area (Å²) in [7, 11) is 1.85. The molecule has 0 spiro atoms. The molecule has 3 rings (SSSR count). The first-order chi connectivity index (χ1) is 13.5. The van der Waals surface area contributed by atoms with Crippen LogP contribution in [0.5, 0.6) is 0 Å². The number of nitrogens with one attached hydrogen (secondary N) is 2. The molecule has 1 aromatic carbocycles. The van der Waals surface area contributed by atoms with E-state index in [0.29, 0.717) is 19.1 Å². The number of hydrogen-bond donors (Lipinski definition) is 2. The van der Waals surface area contributed by atoms with Crippen LogP contribution in [-0.2, 0) is 20.1 Å². The first kappa shape index (κ1) is 23.5. The Balaban J connectivity index is 0.00000300. The van der Waals surface area contributed by atoms with Crippen molar-refractivity contribution < 1.29 is 8.78 Å². The van der Waals surface area contributed by atoms with Crippen molar-refractivity contribution in [3.05, 3.63) is 47.5 Å². The number of benzene rings is 1. The van der Waals surface area contributed by atoms with Gasteiger partial charge in [0.15, 0.2) is 17.6 Å². The third-order valence-corrected chi connectivity index (χ3v) is 4.85. The number of likely N-dealkylation sites (tertiary alicyclic amines) is 1. The Hall–Kier alpha value is -1.82. The minimum Gasteiger partial charge on any atom is -0.357 e. The van der Waals surface area contributed by atoms with Crippen molar-refractivity contribution >= 4 is 29.9 Å². The van der Waals surface area contributed by atoms with Gasteiger partial charge < -0.3 is 10.6 Å². The number of piperidine rings is 1. The zero-order valence-electron chi connectivity index (χ0n) is 16.7. The first-order valence-corrected chi connectivity index (χ1v) is 9.59. The molecular formula is C19H28F2IN7. The molecule has 0 aliphatic carbocycles. The van der Waals surface area contributed by atoms with Gasteiger partial charge in [-0.2, -0.15) is 5.10 Å². The highest BCUT2D eigenvalue weighted by Crippen LogP contribution is 2.16. The van der Waals surface area contributed by atoms with Crippen LogP contribution in [0.25, 0.3) is 0 Å². The largest absolute Gasteiger partial charge is 0.357 e. The molecule has 1 aromatic heterocycles. The molecule has 29 heavy (non-hydrogen) atoms. The van der Waals surface area contributed by atoms with Gasteiger partial charge in [0.05, 0.1) is 0 Å². The van der Waals surface area contributed by atoms with Crippen LogP contribution >= 0.6 is 24.0 Å². The van der Waals surface area contributed by atoms with Crippen molar-refractivity contribution in [1.82, 2.24) is 30.3 Å². The highest BCUT2D eigenvalue weighted by atomic mass is 127. The van der Waals surface area contributed by atoms with Gasteiger partial charge in [0.2, 0.25) is 0 Å². The number of nitrogens with zero attached hydrogens (tertiary/aromatic N) is 5. The highest BCUT2D eigenvalue weighted by molar-refractivity contribution is 14.0. The third-order valence-electron chi connectivity index (χ3n) is 4.85. The molecule has 2 N–H and O–H groups in total. The van der Waals surface area contributed by atoms with Crippen molar-refractivity contribution in [2.24, 2.45) is 12.0 Å². The van der Waals surface area contributed by atoms with E-state index in [0.717, 1.165) is 49.8 Å². The molecule has 1 fully saturated rings. The molecule has 2 aromatic rings. The fraction of sp³-hybridized carbons (Fsp3) is 0.526. The van der Waals surface area contributed by atoms with Crippen LogP contribution in [-0.4, -0.2) is 51.3 Å². The number of halogens is 3. The normalized spacial score (nSPS) is 15.8. The number of guanidine groups is 1. The zero-order chi connectivity index (χ0) is 19.9. The SMILES string of the molecule is CCNC(=NCc1ncnn1C)NC1CCN(Cc2ccc(F)c(F)c2)CC1.I. The molecule has 1 aliphatic rings. The summed E-state index contributed by atoms with van der Waals surface area (Å²) in [5.41, 5.74) is 0.795. The molecule has 0 unspecified atom stereocenters. The minimum atomic E-state index is -0.803. The molecule has 160 valence electrons. The van der Waals surface area contributed by atoms with Crippen LogP contribution in [0.2, 0.25) is 0 Å². The molecule has 7 nitrogen and oxygen atoms in total. The fourth-order valence-electron chi connectivity index (χ4n) is 3.26. The minimum absolute atomic E-state index is 0. The zero-order valence-corrected chi connectivity index (χ0v) is 19.1. The summed E-state index contributed by atoms with van der Waals surface area (Å²) in [6.07, 6.45) is 3.43. The third kappa shape index (κ3) is 6.88. The summed E-state index contributed by atoms with van der Waals surface area (Å²) >= 11 is 0. The van der Waals surface area contributed by atoms with E-state index in [2.05, 4.69) is 30.6 Å². The molecular weight excluding hydrogens is 491 g/mol. The van der Waals surface area contributed by atoms with Crippen LogP contribution in [0.3, 0.4) is 0 Å². The second kappa shape index (κ2) is 11.4. The molecule has 10 heteroatoms. The van der Waals surface area contributed by atoms with E-state index in [1.807, 2.05) is 14.0 Å². The van der Waals surface area contributed by atoms with Crippen LogP contribution in [0.1, 0.15) is 31.2 Å². The Morgan fingerprint density at radius 3 is 2.62 bits per heavy atom. The van der Waals surface area contributed by atoms with Gasteiger partial charge in [0.25, 0.3) is 0 Å². The van der Waals surface area contributed by atoms with E-state index in [-0.39, 0.29) is 24.0 Å². The maximum absolute atomic E-state index is 13.4. The molecule has 0 saturated carbocycles. The Morgan fingerprint density at radius 1 is 1.24 bits per heavy atom. The number of aryl methyl sites for hydroxylation is 1. The highest BCUT2D eigenvalue weighted by Gasteiger charge is 2.20. The van der Waals surface area contributed by atoms with E-state index in [1.165, 1.54) is 18.5 Å². The number of hydrogen-bond acceptors (Lipinski definition) is 4. The van der Waals surface area contributed by atoms with E-state index in [9.17, 15) is 8.78 Å². The van der Waals surface area contributed by atoms with E-state index >= 15 is 0 Å². The first-order valence-electron chi connectivity index (χ1n) is 9.59. The van der Waals surface area contributed by atoms with Crippen molar-refractivity contribution in [2.75, 3.05) is 19.6 Å². The average Bonchev–Trinajstić information content (AvgIpc) is 3.09. The Labute approximate surface area is 187 Å². The Bertz CT molecular complexity index is 804. The summed E-state index contributed by atoms with van der Waals surface area (Å²) in [6.45, 7) is 5.67. The van der Waals surface area contributed by atoms with Crippen molar-refractivity contribution in [3.8, 4) is 0 Å². The lowest BCUT2D eigenvalue weighted by molar-refractivity contribution is 0.198. The molecule has 1 aliphatic heterocycles. The standard InChI is InChI=1S/C19H27F2N7.HI/c1-3-22-19(23-11-18-24-13-25-27(18)2)26-15-6-8-28(9-7-15)12-14-4-5-16(20)17(21)10-14;/h4-5,10,13,15H,3,6-9,11-12H2,1-2H3,(H2,22,23,26);1H. The second-order valence-electron chi connectivity index (χ2n) is 6.94. The lowest BCUT2D eigenvalue weighted by atomic mass is 10.0. The van der Waals surface area contributed by atoms with Crippen LogP contribution in [0.15, 0.2) is 29.5 Å². The van der Waals surface area contributed by atoms with Crippen LogP contribution in [0, 0.1) is 11.6 Å². The summed E-state index contributed by atoms with van der Waals surface area (Å²) < 4.78 is 28.2. The lowest BCUT2D eigenvalue weighted by Crippen LogP contribution is -2.48. The maximum atomic E-state index is 13.4. The molecule has 1 saturated heterocycles.